The van der Waals surface area contributed by atoms with Crippen LogP contribution >= 0.6 is 22.6 Å². The zero-order chi connectivity index (χ0) is 24.1. The Morgan fingerprint density at radius 2 is 1.82 bits per heavy atom. The van der Waals surface area contributed by atoms with Gasteiger partial charge in [0.15, 0.2) is 0 Å². The standard InChI is InChI=1S/C24H29F3IN3O2/c1-14-13-30(22(32)33-23(2,3)4)18(19-20(28)29-21(31(14)19)16-8-9-16)12-7-15-5-10-17(11-6-15)24(25,26)27/h5-6,10-11,14,16,18H,7-9,12-13H2,1-4H3. The van der Waals surface area contributed by atoms with Crippen LogP contribution in [-0.2, 0) is 17.3 Å². The number of fused-ring (bicyclic) bond motifs is 1. The highest BCUT2D eigenvalue weighted by Gasteiger charge is 2.42. The second-order valence-electron chi connectivity index (χ2n) is 10.0. The number of hydrogen-bond acceptors (Lipinski definition) is 3. The fraction of sp³-hybridized carbons (Fsp3) is 0.583. The van der Waals surface area contributed by atoms with E-state index in [9.17, 15) is 18.0 Å². The third-order valence-electron chi connectivity index (χ3n) is 6.08. The molecule has 1 fully saturated rings. The number of alkyl halides is 3. The predicted octanol–water partition coefficient (Wildman–Crippen LogP) is 6.87. The van der Waals surface area contributed by atoms with E-state index in [0.717, 1.165) is 45.8 Å². The van der Waals surface area contributed by atoms with Crippen molar-refractivity contribution in [2.24, 2.45) is 0 Å². The van der Waals surface area contributed by atoms with E-state index >= 15 is 0 Å². The van der Waals surface area contributed by atoms with E-state index in [2.05, 4.69) is 34.1 Å². The molecule has 2 aromatic rings. The van der Waals surface area contributed by atoms with Crippen LogP contribution in [0.15, 0.2) is 24.3 Å². The molecule has 5 nitrogen and oxygen atoms in total. The third-order valence-corrected chi connectivity index (χ3v) is 6.88. The molecular formula is C24H29F3IN3O2. The highest BCUT2D eigenvalue weighted by atomic mass is 127. The molecule has 1 aromatic heterocycles. The van der Waals surface area contributed by atoms with Gasteiger partial charge in [0.25, 0.3) is 0 Å². The molecule has 0 saturated heterocycles. The molecule has 1 saturated carbocycles. The van der Waals surface area contributed by atoms with E-state index in [-0.39, 0.29) is 18.2 Å². The lowest BCUT2D eigenvalue weighted by Gasteiger charge is -2.41. The Morgan fingerprint density at radius 3 is 2.36 bits per heavy atom. The molecule has 2 aliphatic rings. The summed E-state index contributed by atoms with van der Waals surface area (Å²) in [4.78, 5) is 19.8. The Hall–Kier alpha value is -1.78. The maximum atomic E-state index is 13.2. The quantitative estimate of drug-likeness (QED) is 0.374. The number of rotatable bonds is 4. The smallest absolute Gasteiger partial charge is 0.416 e. The molecular weight excluding hydrogens is 546 g/mol. The van der Waals surface area contributed by atoms with Crippen molar-refractivity contribution in [3.05, 3.63) is 50.6 Å². The summed E-state index contributed by atoms with van der Waals surface area (Å²) in [6.45, 7) is 8.13. The minimum atomic E-state index is -4.35. The van der Waals surface area contributed by atoms with Crippen molar-refractivity contribution < 1.29 is 22.7 Å². The van der Waals surface area contributed by atoms with Crippen molar-refractivity contribution in [3.8, 4) is 0 Å². The van der Waals surface area contributed by atoms with Gasteiger partial charge in [-0.1, -0.05) is 12.1 Å². The Kier molecular flexibility index (Phi) is 6.48. The zero-order valence-corrected chi connectivity index (χ0v) is 21.4. The number of aromatic nitrogens is 2. The number of carbonyl (C=O) groups excluding carboxylic acids is 1. The highest BCUT2D eigenvalue weighted by Crippen LogP contribution is 2.46. The van der Waals surface area contributed by atoms with Crippen LogP contribution in [0.25, 0.3) is 0 Å². The van der Waals surface area contributed by atoms with Gasteiger partial charge in [0, 0.05) is 12.5 Å². The lowest BCUT2D eigenvalue weighted by Crippen LogP contribution is -2.46. The number of carbonyl (C=O) groups is 1. The predicted molar refractivity (Wildman–Crippen MR) is 127 cm³/mol. The van der Waals surface area contributed by atoms with E-state index in [1.165, 1.54) is 12.1 Å². The number of ether oxygens (including phenoxy) is 1. The molecule has 180 valence electrons. The summed E-state index contributed by atoms with van der Waals surface area (Å²) < 4.78 is 47.6. The third kappa shape index (κ3) is 5.33. The summed E-state index contributed by atoms with van der Waals surface area (Å²) in [6, 6.07) is 5.08. The minimum Gasteiger partial charge on any atom is -0.444 e. The van der Waals surface area contributed by atoms with Crippen molar-refractivity contribution in [3.63, 3.8) is 0 Å². The van der Waals surface area contributed by atoms with Crippen molar-refractivity contribution in [1.29, 1.82) is 0 Å². The summed E-state index contributed by atoms with van der Waals surface area (Å²) in [5.41, 5.74) is 0.528. The summed E-state index contributed by atoms with van der Waals surface area (Å²) in [5.74, 6) is 1.56. The lowest BCUT2D eigenvalue weighted by molar-refractivity contribution is -0.137. The van der Waals surface area contributed by atoms with E-state index in [1.807, 2.05) is 20.8 Å². The average molecular weight is 575 g/mol. The van der Waals surface area contributed by atoms with Crippen LogP contribution in [0.2, 0.25) is 0 Å². The normalized spacial score (nSPS) is 21.2. The molecule has 33 heavy (non-hydrogen) atoms. The van der Waals surface area contributed by atoms with Gasteiger partial charge in [-0.3, -0.25) is 4.90 Å². The maximum Gasteiger partial charge on any atom is 0.416 e. The maximum absolute atomic E-state index is 13.2. The lowest BCUT2D eigenvalue weighted by atomic mass is 9.98. The van der Waals surface area contributed by atoms with Crippen LogP contribution in [0, 0.1) is 3.70 Å². The molecule has 0 spiro atoms. The van der Waals surface area contributed by atoms with Crippen molar-refractivity contribution >= 4 is 28.7 Å². The van der Waals surface area contributed by atoms with Crippen molar-refractivity contribution in [1.82, 2.24) is 14.5 Å². The average Bonchev–Trinajstić information content (AvgIpc) is 3.48. The highest BCUT2D eigenvalue weighted by molar-refractivity contribution is 14.1. The number of benzene rings is 1. The monoisotopic (exact) mass is 575 g/mol. The molecule has 1 amide bonds. The van der Waals surface area contributed by atoms with Gasteiger partial charge in [-0.25, -0.2) is 9.78 Å². The van der Waals surface area contributed by atoms with Gasteiger partial charge in [0.1, 0.15) is 15.1 Å². The second kappa shape index (κ2) is 8.78. The second-order valence-corrected chi connectivity index (χ2v) is 11.0. The van der Waals surface area contributed by atoms with Crippen molar-refractivity contribution in [2.45, 2.75) is 83.2 Å². The van der Waals surface area contributed by atoms with E-state index in [0.29, 0.717) is 25.3 Å². The fourth-order valence-corrected chi connectivity index (χ4v) is 5.31. The molecule has 1 aliphatic carbocycles. The van der Waals surface area contributed by atoms with Gasteiger partial charge in [0.2, 0.25) is 0 Å². The molecule has 2 heterocycles. The number of amides is 1. The van der Waals surface area contributed by atoms with Gasteiger partial charge in [-0.15, -0.1) is 0 Å². The van der Waals surface area contributed by atoms with Gasteiger partial charge >= 0.3 is 12.3 Å². The van der Waals surface area contributed by atoms with Crippen LogP contribution in [0.1, 0.15) is 87.6 Å². The molecule has 0 bridgehead atoms. The number of halogens is 4. The van der Waals surface area contributed by atoms with E-state index in [1.54, 1.807) is 4.90 Å². The topological polar surface area (TPSA) is 47.4 Å². The molecule has 1 aliphatic heterocycles. The minimum absolute atomic E-state index is 0.0708. The Bertz CT molecular complexity index is 1020. The van der Waals surface area contributed by atoms with Gasteiger partial charge in [0.05, 0.1) is 23.3 Å². The fourth-order valence-electron chi connectivity index (χ4n) is 4.45. The summed E-state index contributed by atoms with van der Waals surface area (Å²) in [5, 5.41) is 0. The molecule has 2 atom stereocenters. The first-order chi connectivity index (χ1) is 15.3. The molecule has 9 heteroatoms. The van der Waals surface area contributed by atoms with Gasteiger partial charge in [-0.2, -0.15) is 13.2 Å². The number of nitrogens with zero attached hydrogens (tertiary/aromatic N) is 3. The molecule has 4 rings (SSSR count). The van der Waals surface area contributed by atoms with Crippen molar-refractivity contribution in [2.75, 3.05) is 6.54 Å². The first-order valence-electron chi connectivity index (χ1n) is 11.3. The first-order valence-corrected chi connectivity index (χ1v) is 12.4. The first kappa shape index (κ1) is 24.3. The van der Waals surface area contributed by atoms with E-state index in [4.69, 9.17) is 9.72 Å². The number of hydrogen-bond donors (Lipinski definition) is 0. The van der Waals surface area contributed by atoms with Crippen LogP contribution in [0.3, 0.4) is 0 Å². The molecule has 1 aromatic carbocycles. The molecule has 2 unspecified atom stereocenters. The van der Waals surface area contributed by atoms with E-state index < -0.39 is 17.3 Å². The number of aryl methyl sites for hydroxylation is 1. The molecule has 0 radical (unpaired) electrons. The summed E-state index contributed by atoms with van der Waals surface area (Å²) in [6.07, 6.45) is -1.35. The summed E-state index contributed by atoms with van der Waals surface area (Å²) in [7, 11) is 0. The van der Waals surface area contributed by atoms with Gasteiger partial charge < -0.3 is 9.30 Å². The SMILES string of the molecule is CC1CN(C(=O)OC(C)(C)C)C(CCc2ccc(C(F)(F)F)cc2)c2c(I)nc(C3CC3)n21. The molecule has 0 N–H and O–H groups in total. The zero-order valence-electron chi connectivity index (χ0n) is 19.2. The Balaban J connectivity index is 1.64. The van der Waals surface area contributed by atoms with Crippen LogP contribution in [0.5, 0.6) is 0 Å². The Labute approximate surface area is 205 Å². The number of imidazole rings is 1. The van der Waals surface area contributed by atoms with Crippen LogP contribution in [0.4, 0.5) is 18.0 Å². The Morgan fingerprint density at radius 1 is 1.18 bits per heavy atom. The largest absolute Gasteiger partial charge is 0.444 e. The van der Waals surface area contributed by atoms with Crippen LogP contribution < -0.4 is 0 Å². The summed E-state index contributed by atoms with van der Waals surface area (Å²) >= 11 is 2.24. The van der Waals surface area contributed by atoms with Gasteiger partial charge in [-0.05, 0) is 93.7 Å². The van der Waals surface area contributed by atoms with Crippen LogP contribution in [-0.4, -0.2) is 32.7 Å².